The van der Waals surface area contributed by atoms with Gasteiger partial charge in [0.25, 0.3) is 0 Å². The van der Waals surface area contributed by atoms with E-state index in [-0.39, 0.29) is 23.4 Å². The number of hydrogen-bond donors (Lipinski definition) is 2. The molecule has 1 unspecified atom stereocenters. The molecule has 190 valence electrons. The fourth-order valence-electron chi connectivity index (χ4n) is 4.82. The van der Waals surface area contributed by atoms with E-state index in [0.29, 0.717) is 12.8 Å². The standard InChI is InChI=1S/C32H44O3/c1-8-32(9-2,27-18-15-25(23(3)21-27)13-11-10-12-14-30(34)35)28-19-16-26(24(4)22-28)17-20-29(33)31(5,6)7/h15-16,18-19,21-22,29,33H,8-10,12,14,17,20H2,1-7H3,(H,34,35). The maximum atomic E-state index is 10.7. The second-order valence-corrected chi connectivity index (χ2v) is 10.9. The van der Waals surface area contributed by atoms with Crippen LogP contribution in [0.4, 0.5) is 0 Å². The van der Waals surface area contributed by atoms with Crippen molar-refractivity contribution in [3.8, 4) is 11.8 Å². The van der Waals surface area contributed by atoms with E-state index in [2.05, 4.69) is 96.7 Å². The summed E-state index contributed by atoms with van der Waals surface area (Å²) < 4.78 is 0. The van der Waals surface area contributed by atoms with Gasteiger partial charge in [-0.2, -0.15) is 0 Å². The number of rotatable bonds is 10. The number of aliphatic carboxylic acids is 1. The van der Waals surface area contributed by atoms with Gasteiger partial charge in [0.1, 0.15) is 0 Å². The highest BCUT2D eigenvalue weighted by molar-refractivity contribution is 5.66. The zero-order valence-corrected chi connectivity index (χ0v) is 22.8. The lowest BCUT2D eigenvalue weighted by atomic mass is 9.69. The van der Waals surface area contributed by atoms with Crippen LogP contribution in [0.2, 0.25) is 0 Å². The summed E-state index contributed by atoms with van der Waals surface area (Å²) in [6, 6.07) is 13.5. The maximum Gasteiger partial charge on any atom is 0.303 e. The van der Waals surface area contributed by atoms with Gasteiger partial charge in [0.05, 0.1) is 6.10 Å². The molecule has 0 saturated heterocycles. The van der Waals surface area contributed by atoms with Crippen LogP contribution in [0.1, 0.15) is 107 Å². The molecule has 0 aliphatic carbocycles. The van der Waals surface area contributed by atoms with Crippen molar-refractivity contribution in [1.29, 1.82) is 0 Å². The van der Waals surface area contributed by atoms with E-state index in [1.54, 1.807) is 0 Å². The Hall–Kier alpha value is -2.57. The summed E-state index contributed by atoms with van der Waals surface area (Å²) >= 11 is 0. The molecule has 2 N–H and O–H groups in total. The van der Waals surface area contributed by atoms with Crippen LogP contribution >= 0.6 is 0 Å². The molecule has 2 rings (SSSR count). The molecule has 0 fully saturated rings. The number of unbranched alkanes of at least 4 members (excludes halogenated alkanes) is 1. The SMILES string of the molecule is CCC(CC)(c1ccc(C#CCCCC(=O)O)c(C)c1)c1ccc(CCC(O)C(C)(C)C)c(C)c1. The Morgan fingerprint density at radius 2 is 1.57 bits per heavy atom. The predicted octanol–water partition coefficient (Wildman–Crippen LogP) is 7.36. The average molecular weight is 477 g/mol. The van der Waals surface area contributed by atoms with Crippen molar-refractivity contribution in [3.63, 3.8) is 0 Å². The van der Waals surface area contributed by atoms with E-state index in [0.717, 1.165) is 36.8 Å². The van der Waals surface area contributed by atoms with Gasteiger partial charge in [-0.15, -0.1) is 0 Å². The first-order valence-electron chi connectivity index (χ1n) is 13.0. The van der Waals surface area contributed by atoms with Crippen LogP contribution in [0.3, 0.4) is 0 Å². The molecule has 3 heteroatoms. The van der Waals surface area contributed by atoms with Gasteiger partial charge in [-0.1, -0.05) is 76.8 Å². The summed E-state index contributed by atoms with van der Waals surface area (Å²) in [5.41, 5.74) is 7.25. The lowest BCUT2D eigenvalue weighted by molar-refractivity contribution is -0.137. The molecular formula is C32H44O3. The minimum absolute atomic E-state index is 0.0631. The largest absolute Gasteiger partial charge is 0.481 e. The summed E-state index contributed by atoms with van der Waals surface area (Å²) in [5, 5.41) is 19.2. The van der Waals surface area contributed by atoms with E-state index in [4.69, 9.17) is 5.11 Å². The fraction of sp³-hybridized carbons (Fsp3) is 0.531. The molecule has 2 aromatic rings. The van der Waals surface area contributed by atoms with Crippen LogP contribution in [-0.4, -0.2) is 22.3 Å². The van der Waals surface area contributed by atoms with Crippen molar-refractivity contribution in [1.82, 2.24) is 0 Å². The van der Waals surface area contributed by atoms with E-state index in [9.17, 15) is 9.90 Å². The van der Waals surface area contributed by atoms with E-state index in [1.807, 2.05) is 0 Å². The third-order valence-corrected chi connectivity index (χ3v) is 7.48. The fourth-order valence-corrected chi connectivity index (χ4v) is 4.82. The molecule has 0 bridgehead atoms. The van der Waals surface area contributed by atoms with E-state index in [1.165, 1.54) is 22.3 Å². The number of aryl methyl sites for hydroxylation is 3. The Morgan fingerprint density at radius 3 is 2.09 bits per heavy atom. The highest BCUT2D eigenvalue weighted by Gasteiger charge is 2.31. The van der Waals surface area contributed by atoms with Crippen molar-refractivity contribution >= 4 is 5.97 Å². The van der Waals surface area contributed by atoms with Crippen molar-refractivity contribution in [3.05, 3.63) is 69.8 Å². The molecule has 0 saturated carbocycles. The Kier molecular flexibility index (Phi) is 10.2. The summed E-state index contributed by atoms with van der Waals surface area (Å²) in [7, 11) is 0. The van der Waals surface area contributed by atoms with Crippen LogP contribution in [0.5, 0.6) is 0 Å². The molecule has 0 spiro atoms. The first-order valence-corrected chi connectivity index (χ1v) is 13.0. The van der Waals surface area contributed by atoms with Gasteiger partial charge < -0.3 is 10.2 Å². The quantitative estimate of drug-likeness (QED) is 0.278. The lowest BCUT2D eigenvalue weighted by Crippen LogP contribution is -2.27. The number of benzene rings is 2. The molecule has 0 aliphatic heterocycles. The zero-order chi connectivity index (χ0) is 26.2. The van der Waals surface area contributed by atoms with E-state index < -0.39 is 5.97 Å². The molecule has 2 aromatic carbocycles. The molecule has 0 aromatic heterocycles. The molecule has 0 heterocycles. The Labute approximate surface area is 213 Å². The summed E-state index contributed by atoms with van der Waals surface area (Å²) in [6.45, 7) is 15.1. The van der Waals surface area contributed by atoms with Crippen LogP contribution in [0.25, 0.3) is 0 Å². The second kappa shape index (κ2) is 12.4. The molecule has 0 radical (unpaired) electrons. The summed E-state index contributed by atoms with van der Waals surface area (Å²) in [4.78, 5) is 10.7. The van der Waals surface area contributed by atoms with Crippen molar-refractivity contribution in [2.24, 2.45) is 5.41 Å². The third kappa shape index (κ3) is 7.45. The van der Waals surface area contributed by atoms with Gasteiger partial charge in [0, 0.05) is 23.8 Å². The van der Waals surface area contributed by atoms with Gasteiger partial charge in [0.2, 0.25) is 0 Å². The molecule has 0 amide bonds. The first kappa shape index (κ1) is 28.7. The minimum Gasteiger partial charge on any atom is -0.481 e. The van der Waals surface area contributed by atoms with Crippen LogP contribution in [0.15, 0.2) is 36.4 Å². The monoisotopic (exact) mass is 476 g/mol. The first-order chi connectivity index (χ1) is 16.4. The topological polar surface area (TPSA) is 57.5 Å². The highest BCUT2D eigenvalue weighted by Crippen LogP contribution is 2.40. The Bertz CT molecular complexity index is 1060. The maximum absolute atomic E-state index is 10.7. The van der Waals surface area contributed by atoms with Gasteiger partial charge in [-0.3, -0.25) is 4.79 Å². The smallest absolute Gasteiger partial charge is 0.303 e. The van der Waals surface area contributed by atoms with Crippen LogP contribution in [-0.2, 0) is 16.6 Å². The number of hydrogen-bond acceptors (Lipinski definition) is 2. The minimum atomic E-state index is -0.770. The van der Waals surface area contributed by atoms with Gasteiger partial charge >= 0.3 is 5.97 Å². The van der Waals surface area contributed by atoms with Crippen LogP contribution < -0.4 is 0 Å². The molecule has 35 heavy (non-hydrogen) atoms. The van der Waals surface area contributed by atoms with Crippen molar-refractivity contribution in [2.45, 2.75) is 105 Å². The van der Waals surface area contributed by atoms with Gasteiger partial charge in [0.15, 0.2) is 0 Å². The predicted molar refractivity (Wildman–Crippen MR) is 146 cm³/mol. The zero-order valence-electron chi connectivity index (χ0n) is 22.8. The Morgan fingerprint density at radius 1 is 0.971 bits per heavy atom. The van der Waals surface area contributed by atoms with Gasteiger partial charge in [-0.05, 0) is 85.3 Å². The van der Waals surface area contributed by atoms with Crippen LogP contribution in [0, 0.1) is 31.1 Å². The summed E-state index contributed by atoms with van der Waals surface area (Å²) in [5.74, 6) is 5.59. The second-order valence-electron chi connectivity index (χ2n) is 10.9. The molecule has 1 atom stereocenters. The Balaban J connectivity index is 2.28. The van der Waals surface area contributed by atoms with Crippen molar-refractivity contribution in [2.75, 3.05) is 0 Å². The van der Waals surface area contributed by atoms with Crippen molar-refractivity contribution < 1.29 is 15.0 Å². The lowest BCUT2D eigenvalue weighted by Gasteiger charge is -2.34. The number of carboxylic acids is 1. The number of aliphatic hydroxyl groups excluding tert-OH is 1. The molecule has 3 nitrogen and oxygen atoms in total. The highest BCUT2D eigenvalue weighted by atomic mass is 16.4. The van der Waals surface area contributed by atoms with Gasteiger partial charge in [-0.25, -0.2) is 0 Å². The molecule has 0 aliphatic rings. The average Bonchev–Trinajstić information content (AvgIpc) is 2.79. The summed E-state index contributed by atoms with van der Waals surface area (Å²) in [6.07, 6.45) is 4.70. The third-order valence-electron chi connectivity index (χ3n) is 7.48. The number of carboxylic acid groups (broad SMARTS) is 1. The van der Waals surface area contributed by atoms with E-state index >= 15 is 0 Å². The number of carbonyl (C=O) groups is 1. The number of aliphatic hydroxyl groups is 1. The molecular weight excluding hydrogens is 432 g/mol. The normalized spacial score (nSPS) is 12.7.